The molecule has 0 spiro atoms. The second-order valence-electron chi connectivity index (χ2n) is 25.5. The molecule has 0 radical (unpaired) electrons. The van der Waals surface area contributed by atoms with Crippen LogP contribution in [-0.4, -0.2) is 38.6 Å². The van der Waals surface area contributed by atoms with Gasteiger partial charge in [-0.05, 0) is 119 Å². The van der Waals surface area contributed by atoms with Crippen molar-refractivity contribution in [1.29, 1.82) is 0 Å². The Kier molecular flexibility index (Phi) is 13.6. The number of hydrogen-bond acceptors (Lipinski definition) is 5. The lowest BCUT2D eigenvalue weighted by atomic mass is 9.97. The highest BCUT2D eigenvalue weighted by molar-refractivity contribution is 6.16. The molecule has 0 atom stereocenters. The van der Waals surface area contributed by atoms with Crippen molar-refractivity contribution in [2.75, 3.05) is 0 Å². The summed E-state index contributed by atoms with van der Waals surface area (Å²) < 4.78 is 7.47. The monoisotopic (exact) mass is 1240 g/mol. The molecule has 6 aromatic heterocycles. The lowest BCUT2D eigenvalue weighted by Gasteiger charge is -2.27. The van der Waals surface area contributed by atoms with Gasteiger partial charge in [-0.1, -0.05) is 235 Å². The van der Waals surface area contributed by atoms with Gasteiger partial charge in [-0.25, -0.2) is 24.9 Å². The highest BCUT2D eigenvalue weighted by atomic mass is 15.1. The van der Waals surface area contributed by atoms with Crippen molar-refractivity contribution in [3.63, 3.8) is 0 Å². The molecule has 458 valence electrons. The number of hydrogen-bond donors (Lipinski definition) is 0. The van der Waals surface area contributed by atoms with Crippen LogP contribution in [0.25, 0.3) is 173 Å². The van der Waals surface area contributed by atoms with Crippen LogP contribution in [0.1, 0.15) is 22.3 Å². The van der Waals surface area contributed by atoms with E-state index in [1.54, 1.807) is 0 Å². The lowest BCUT2D eigenvalue weighted by Crippen LogP contribution is -2.13. The topological polar surface area (TPSA) is 79.2 Å². The first-order valence-corrected chi connectivity index (χ1v) is 33.0. The fourth-order valence-electron chi connectivity index (χ4n) is 14.6. The number of rotatable bonds is 11. The molecule has 0 unspecified atom stereocenters. The Morgan fingerprint density at radius 3 is 1.02 bits per heavy atom. The molecule has 97 heavy (non-hydrogen) atoms. The number of para-hydroxylation sites is 1. The minimum atomic E-state index is 0.516. The van der Waals surface area contributed by atoms with Gasteiger partial charge < -0.3 is 13.7 Å². The van der Waals surface area contributed by atoms with Crippen LogP contribution in [0.15, 0.2) is 303 Å². The van der Waals surface area contributed by atoms with Gasteiger partial charge in [0.05, 0.1) is 89.9 Å². The third-order valence-corrected chi connectivity index (χ3v) is 19.1. The van der Waals surface area contributed by atoms with Crippen molar-refractivity contribution < 1.29 is 0 Å². The van der Waals surface area contributed by atoms with Crippen LogP contribution in [0, 0.1) is 27.7 Å². The number of aryl methyl sites for hydroxylation is 4. The van der Waals surface area contributed by atoms with Gasteiger partial charge in [0.1, 0.15) is 0 Å². The standard InChI is InChI=1S/C89H62N8/c1-55-37-43-79-67(47-55)68-48-56(2)38-44-80(68)96(79)86-71(88-91-74(60-25-12-6-13-26-60)53-75(92-88)61-27-14-7-15-28-61)52-84(95-78-36-21-20-33-65(78)66-42-41-64(51-83(66)95)73-35-22-34-72(90-73)59-23-10-5-11-24-59)87(97-81-45-39-57(3)49-69(81)70-50-58(4)40-46-82(70)97)85(86)89-93-76(62-29-16-8-17-30-62)54-77(94-89)63-31-18-9-19-32-63/h5-54H,1-4H3. The number of nitrogens with zero attached hydrogens (tertiary/aromatic N) is 8. The zero-order chi connectivity index (χ0) is 64.8. The summed E-state index contributed by atoms with van der Waals surface area (Å²) in [5.74, 6) is 1.04. The molecule has 0 aliphatic carbocycles. The molecule has 0 N–H and O–H groups in total. The molecular weight excluding hydrogens is 1180 g/mol. The minimum absolute atomic E-state index is 0.516. The van der Waals surface area contributed by atoms with Crippen LogP contribution >= 0.6 is 0 Å². The maximum Gasteiger partial charge on any atom is 0.164 e. The Labute approximate surface area is 561 Å². The summed E-state index contributed by atoms with van der Waals surface area (Å²) in [4.78, 5) is 29.2. The predicted molar refractivity (Wildman–Crippen MR) is 401 cm³/mol. The SMILES string of the molecule is Cc1ccc2c(c1)c1cc(C)ccc1n2-c1c(-c2nc(-c3ccccc3)cc(-c3ccccc3)n2)cc(-n2c3ccccc3c3ccc(-c4cccc(-c5ccccc5)n4)cc32)c(-n2c3ccc(C)cc3c3cc(C)ccc32)c1-c1nc(-c2ccccc2)cc(-c2ccccc2)n1. The highest BCUT2D eigenvalue weighted by Crippen LogP contribution is 2.51. The van der Waals surface area contributed by atoms with E-state index in [-0.39, 0.29) is 0 Å². The van der Waals surface area contributed by atoms with E-state index in [0.29, 0.717) is 11.6 Å². The van der Waals surface area contributed by atoms with E-state index in [1.165, 1.54) is 0 Å². The van der Waals surface area contributed by atoms with Gasteiger partial charge in [-0.15, -0.1) is 0 Å². The van der Waals surface area contributed by atoms with Crippen molar-refractivity contribution >= 4 is 65.4 Å². The van der Waals surface area contributed by atoms with E-state index >= 15 is 0 Å². The van der Waals surface area contributed by atoms with Crippen molar-refractivity contribution in [2.45, 2.75) is 27.7 Å². The van der Waals surface area contributed by atoms with E-state index in [9.17, 15) is 0 Å². The van der Waals surface area contributed by atoms with E-state index in [1.807, 2.05) is 6.07 Å². The molecule has 0 bridgehead atoms. The molecule has 0 fully saturated rings. The van der Waals surface area contributed by atoms with Crippen molar-refractivity contribution in [2.24, 2.45) is 0 Å². The Bertz CT molecular complexity index is 5910. The predicted octanol–water partition coefficient (Wildman–Crippen LogP) is 22.5. The fraction of sp³-hybridized carbons (Fsp3) is 0.0449. The van der Waals surface area contributed by atoms with E-state index in [0.717, 1.165) is 183 Å². The van der Waals surface area contributed by atoms with E-state index in [2.05, 4.69) is 339 Å². The summed E-state index contributed by atoms with van der Waals surface area (Å²) in [5, 5.41) is 6.69. The summed E-state index contributed by atoms with van der Waals surface area (Å²) in [7, 11) is 0. The fourth-order valence-corrected chi connectivity index (χ4v) is 14.6. The zero-order valence-corrected chi connectivity index (χ0v) is 53.9. The van der Waals surface area contributed by atoms with Crippen LogP contribution in [-0.2, 0) is 0 Å². The molecule has 8 heteroatoms. The minimum Gasteiger partial charge on any atom is -0.308 e. The first kappa shape index (κ1) is 57.0. The number of benzene rings is 12. The molecule has 0 amide bonds. The van der Waals surface area contributed by atoms with Gasteiger partial charge in [-0.2, -0.15) is 0 Å². The van der Waals surface area contributed by atoms with Crippen molar-refractivity contribution in [3.8, 4) is 107 Å². The number of pyridine rings is 1. The molecule has 12 aromatic carbocycles. The average molecular weight is 1240 g/mol. The molecule has 0 aliphatic heterocycles. The first-order chi connectivity index (χ1) is 47.7. The smallest absolute Gasteiger partial charge is 0.164 e. The summed E-state index contributed by atoms with van der Waals surface area (Å²) in [6.45, 7) is 8.75. The van der Waals surface area contributed by atoms with Gasteiger partial charge in [0.15, 0.2) is 11.6 Å². The molecule has 0 aliphatic rings. The maximum absolute atomic E-state index is 6.02. The molecular formula is C89H62N8. The molecule has 6 heterocycles. The molecule has 0 saturated heterocycles. The van der Waals surface area contributed by atoms with Gasteiger partial charge >= 0.3 is 0 Å². The second kappa shape index (κ2) is 23.1. The molecule has 18 aromatic rings. The second-order valence-corrected chi connectivity index (χ2v) is 25.5. The Morgan fingerprint density at radius 1 is 0.216 bits per heavy atom. The van der Waals surface area contributed by atoms with Crippen molar-refractivity contribution in [3.05, 3.63) is 326 Å². The van der Waals surface area contributed by atoms with Crippen LogP contribution in [0.2, 0.25) is 0 Å². The van der Waals surface area contributed by atoms with Crippen LogP contribution in [0.3, 0.4) is 0 Å². The maximum atomic E-state index is 6.02. The lowest BCUT2D eigenvalue weighted by molar-refractivity contribution is 1.06. The quantitative estimate of drug-likeness (QED) is 0.129. The third kappa shape index (κ3) is 9.79. The van der Waals surface area contributed by atoms with Crippen LogP contribution in [0.4, 0.5) is 0 Å². The summed E-state index contributed by atoms with van der Waals surface area (Å²) in [6.07, 6.45) is 0. The van der Waals surface area contributed by atoms with E-state index in [4.69, 9.17) is 24.9 Å². The summed E-state index contributed by atoms with van der Waals surface area (Å²) in [6, 6.07) is 109. The first-order valence-electron chi connectivity index (χ1n) is 33.0. The number of aromatic nitrogens is 8. The van der Waals surface area contributed by atoms with Crippen LogP contribution < -0.4 is 0 Å². The zero-order valence-electron chi connectivity index (χ0n) is 53.9. The van der Waals surface area contributed by atoms with Gasteiger partial charge in [-0.3, -0.25) is 0 Å². The molecule has 0 saturated carbocycles. The van der Waals surface area contributed by atoms with Gasteiger partial charge in [0, 0.05) is 71.3 Å². The van der Waals surface area contributed by atoms with E-state index < -0.39 is 0 Å². The Morgan fingerprint density at radius 2 is 0.577 bits per heavy atom. The van der Waals surface area contributed by atoms with Gasteiger partial charge in [0.2, 0.25) is 0 Å². The molecule has 8 nitrogen and oxygen atoms in total. The molecule has 18 rings (SSSR count). The number of fused-ring (bicyclic) bond motifs is 9. The van der Waals surface area contributed by atoms with Gasteiger partial charge in [0.25, 0.3) is 0 Å². The largest absolute Gasteiger partial charge is 0.308 e. The Balaban J connectivity index is 1.12. The van der Waals surface area contributed by atoms with Crippen LogP contribution in [0.5, 0.6) is 0 Å². The summed E-state index contributed by atoms with van der Waals surface area (Å²) >= 11 is 0. The summed E-state index contributed by atoms with van der Waals surface area (Å²) in [5.41, 5.74) is 25.6. The Hall–Kier alpha value is -12.7. The average Bonchev–Trinajstić information content (AvgIpc) is 1.56. The van der Waals surface area contributed by atoms with Crippen molar-refractivity contribution in [1.82, 2.24) is 38.6 Å². The normalized spacial score (nSPS) is 11.7. The third-order valence-electron chi connectivity index (χ3n) is 19.1. The highest BCUT2D eigenvalue weighted by Gasteiger charge is 2.33.